The Balaban J connectivity index is 1.66. The maximum atomic E-state index is 5.41. The molecule has 0 fully saturated rings. The molecule has 0 atom stereocenters. The summed E-state index contributed by atoms with van der Waals surface area (Å²) in [6.45, 7) is 0.619. The molecule has 0 spiro atoms. The van der Waals surface area contributed by atoms with Crippen LogP contribution in [0.15, 0.2) is 58.0 Å². The van der Waals surface area contributed by atoms with E-state index in [1.807, 2.05) is 36.5 Å². The molecular formula is C13H11BrN4O. The number of pyridine rings is 1. The molecule has 0 saturated heterocycles. The first-order chi connectivity index (χ1) is 9.31. The molecule has 3 aromatic rings. The van der Waals surface area contributed by atoms with Crippen LogP contribution < -0.4 is 5.32 Å². The molecule has 0 amide bonds. The summed E-state index contributed by atoms with van der Waals surface area (Å²) in [5.74, 6) is 1.65. The van der Waals surface area contributed by atoms with Gasteiger partial charge in [-0.1, -0.05) is 0 Å². The maximum Gasteiger partial charge on any atom is 0.169 e. The van der Waals surface area contributed by atoms with Crippen LogP contribution in [0.4, 0.5) is 5.69 Å². The molecule has 96 valence electrons. The second kappa shape index (κ2) is 5.27. The lowest BCUT2D eigenvalue weighted by molar-refractivity contribution is 0.495. The Hall–Kier alpha value is -2.08. The molecule has 5 nitrogen and oxygen atoms in total. The molecule has 3 rings (SSSR count). The van der Waals surface area contributed by atoms with E-state index in [4.69, 9.17) is 4.42 Å². The fraction of sp³-hybridized carbons (Fsp3) is 0.0769. The van der Waals surface area contributed by atoms with Crippen molar-refractivity contribution < 1.29 is 4.42 Å². The van der Waals surface area contributed by atoms with E-state index in [0.717, 1.165) is 21.9 Å². The molecule has 0 bridgehead atoms. The fourth-order valence-corrected chi connectivity index (χ4v) is 2.01. The molecule has 0 unspecified atom stereocenters. The lowest BCUT2D eigenvalue weighted by Gasteiger charge is -2.05. The normalized spacial score (nSPS) is 10.6. The molecule has 0 aliphatic carbocycles. The summed E-state index contributed by atoms with van der Waals surface area (Å²) in [7, 11) is 0. The van der Waals surface area contributed by atoms with Gasteiger partial charge in [0.1, 0.15) is 5.76 Å². The van der Waals surface area contributed by atoms with E-state index >= 15 is 0 Å². The van der Waals surface area contributed by atoms with Gasteiger partial charge in [-0.15, -0.1) is 0 Å². The molecule has 3 heterocycles. The van der Waals surface area contributed by atoms with Crippen molar-refractivity contribution in [2.75, 3.05) is 5.32 Å². The second-order valence-electron chi connectivity index (χ2n) is 3.92. The topological polar surface area (TPSA) is 55.9 Å². The third-order valence-electron chi connectivity index (χ3n) is 2.58. The van der Waals surface area contributed by atoms with E-state index in [-0.39, 0.29) is 0 Å². The van der Waals surface area contributed by atoms with Gasteiger partial charge in [0.05, 0.1) is 18.4 Å². The van der Waals surface area contributed by atoms with Gasteiger partial charge in [-0.25, -0.2) is 9.67 Å². The van der Waals surface area contributed by atoms with E-state index < -0.39 is 0 Å². The molecule has 3 aromatic heterocycles. The number of nitrogens with zero attached hydrogens (tertiary/aromatic N) is 3. The van der Waals surface area contributed by atoms with E-state index in [2.05, 4.69) is 31.3 Å². The quantitative estimate of drug-likeness (QED) is 0.802. The third kappa shape index (κ3) is 2.85. The van der Waals surface area contributed by atoms with Crippen LogP contribution in [0, 0.1) is 0 Å². The van der Waals surface area contributed by atoms with Crippen LogP contribution >= 0.6 is 15.9 Å². The Morgan fingerprint density at radius 2 is 2.21 bits per heavy atom. The van der Waals surface area contributed by atoms with Crippen molar-refractivity contribution in [3.63, 3.8) is 0 Å². The maximum absolute atomic E-state index is 5.41. The minimum Gasteiger partial charge on any atom is -0.452 e. The molecular weight excluding hydrogens is 308 g/mol. The molecule has 1 N–H and O–H groups in total. The number of anilines is 1. The molecule has 0 aromatic carbocycles. The molecule has 19 heavy (non-hydrogen) atoms. The zero-order valence-corrected chi connectivity index (χ0v) is 11.5. The van der Waals surface area contributed by atoms with Crippen molar-refractivity contribution in [1.29, 1.82) is 0 Å². The van der Waals surface area contributed by atoms with E-state index in [1.54, 1.807) is 17.1 Å². The minimum absolute atomic E-state index is 0.619. The van der Waals surface area contributed by atoms with Crippen molar-refractivity contribution >= 4 is 21.6 Å². The summed E-state index contributed by atoms with van der Waals surface area (Å²) in [4.78, 5) is 4.34. The Bertz CT molecular complexity index is 646. The summed E-state index contributed by atoms with van der Waals surface area (Å²) in [6.07, 6.45) is 5.35. The van der Waals surface area contributed by atoms with Crippen molar-refractivity contribution in [1.82, 2.24) is 14.8 Å². The molecule has 0 radical (unpaired) electrons. The van der Waals surface area contributed by atoms with Crippen molar-refractivity contribution in [2.24, 2.45) is 0 Å². The van der Waals surface area contributed by atoms with Crippen molar-refractivity contribution in [3.05, 3.63) is 59.4 Å². The van der Waals surface area contributed by atoms with Gasteiger partial charge in [-0.05, 0) is 46.3 Å². The first kappa shape index (κ1) is 12.0. The van der Waals surface area contributed by atoms with Gasteiger partial charge >= 0.3 is 0 Å². The van der Waals surface area contributed by atoms with Gasteiger partial charge in [0.25, 0.3) is 0 Å². The van der Waals surface area contributed by atoms with Crippen LogP contribution in [0.1, 0.15) is 5.76 Å². The minimum atomic E-state index is 0.619. The third-order valence-corrected chi connectivity index (χ3v) is 3.01. The van der Waals surface area contributed by atoms with Gasteiger partial charge in [-0.3, -0.25) is 0 Å². The summed E-state index contributed by atoms with van der Waals surface area (Å²) in [5.41, 5.74) is 0.934. The summed E-state index contributed by atoms with van der Waals surface area (Å²) >= 11 is 3.27. The number of rotatable bonds is 4. The fourth-order valence-electron chi connectivity index (χ4n) is 1.67. The van der Waals surface area contributed by atoms with Crippen LogP contribution in [0.2, 0.25) is 0 Å². The Labute approximate surface area is 118 Å². The predicted octanol–water partition coefficient (Wildman–Crippen LogP) is 3.23. The van der Waals surface area contributed by atoms with E-state index in [1.165, 1.54) is 0 Å². The van der Waals surface area contributed by atoms with Crippen LogP contribution in [-0.2, 0) is 6.54 Å². The highest BCUT2D eigenvalue weighted by atomic mass is 79.9. The Morgan fingerprint density at radius 3 is 2.84 bits per heavy atom. The van der Waals surface area contributed by atoms with Gasteiger partial charge in [-0.2, -0.15) is 5.10 Å². The first-order valence-electron chi connectivity index (χ1n) is 5.75. The lowest BCUT2D eigenvalue weighted by atomic mass is 10.3. The first-order valence-corrected chi connectivity index (χ1v) is 6.55. The van der Waals surface area contributed by atoms with E-state index in [9.17, 15) is 0 Å². The van der Waals surface area contributed by atoms with Gasteiger partial charge in [0.2, 0.25) is 0 Å². The van der Waals surface area contributed by atoms with Gasteiger partial charge in [0.15, 0.2) is 10.5 Å². The van der Waals surface area contributed by atoms with Gasteiger partial charge in [0, 0.05) is 12.4 Å². The zero-order valence-electron chi connectivity index (χ0n) is 9.95. The van der Waals surface area contributed by atoms with Crippen LogP contribution in [0.5, 0.6) is 0 Å². The number of nitrogens with one attached hydrogen (secondary N) is 1. The zero-order chi connectivity index (χ0) is 13.1. The second-order valence-corrected chi connectivity index (χ2v) is 4.70. The molecule has 0 aliphatic rings. The van der Waals surface area contributed by atoms with Crippen LogP contribution in [0.25, 0.3) is 5.82 Å². The highest BCUT2D eigenvalue weighted by Crippen LogP contribution is 2.16. The SMILES string of the molecule is Brc1ccc(CNc2ccc(-n3cccn3)nc2)o1. The number of hydrogen-bond acceptors (Lipinski definition) is 4. The summed E-state index contributed by atoms with van der Waals surface area (Å²) in [5, 5.41) is 7.37. The number of aromatic nitrogens is 3. The molecule has 0 aliphatic heterocycles. The highest BCUT2D eigenvalue weighted by molar-refractivity contribution is 9.10. The standard InChI is InChI=1S/C13H11BrN4O/c14-12-4-3-11(19-12)9-15-10-2-5-13(16-8-10)18-7-1-6-17-18/h1-8,15H,9H2. The summed E-state index contributed by atoms with van der Waals surface area (Å²) in [6, 6.07) is 9.52. The predicted molar refractivity (Wildman–Crippen MR) is 75.1 cm³/mol. The lowest BCUT2D eigenvalue weighted by Crippen LogP contribution is -2.01. The number of hydrogen-bond donors (Lipinski definition) is 1. The number of furan rings is 1. The average Bonchev–Trinajstić information content (AvgIpc) is 3.08. The molecule has 6 heteroatoms. The van der Waals surface area contributed by atoms with E-state index in [0.29, 0.717) is 6.54 Å². The average molecular weight is 319 g/mol. The number of halogens is 1. The largest absolute Gasteiger partial charge is 0.452 e. The van der Waals surface area contributed by atoms with Crippen molar-refractivity contribution in [2.45, 2.75) is 6.54 Å². The van der Waals surface area contributed by atoms with Crippen LogP contribution in [-0.4, -0.2) is 14.8 Å². The monoisotopic (exact) mass is 318 g/mol. The van der Waals surface area contributed by atoms with Crippen molar-refractivity contribution in [3.8, 4) is 5.82 Å². The highest BCUT2D eigenvalue weighted by Gasteiger charge is 2.01. The van der Waals surface area contributed by atoms with Crippen LogP contribution in [0.3, 0.4) is 0 Å². The Kier molecular flexibility index (Phi) is 3.33. The summed E-state index contributed by atoms with van der Waals surface area (Å²) < 4.78 is 7.86. The smallest absolute Gasteiger partial charge is 0.169 e. The molecule has 0 saturated carbocycles. The van der Waals surface area contributed by atoms with Gasteiger partial charge < -0.3 is 9.73 Å². The Morgan fingerprint density at radius 1 is 1.26 bits per heavy atom.